The average Bonchev–Trinajstić information content (AvgIpc) is 3.48. The van der Waals surface area contributed by atoms with E-state index in [0.717, 1.165) is 0 Å². The lowest BCUT2D eigenvalue weighted by molar-refractivity contribution is -0.105. The van der Waals surface area contributed by atoms with Crippen molar-refractivity contribution in [2.75, 3.05) is 30.8 Å². The zero-order chi connectivity index (χ0) is 25.4. The summed E-state index contributed by atoms with van der Waals surface area (Å²) in [6.07, 6.45) is 3.08. The number of aromatic nitrogens is 4. The second kappa shape index (κ2) is 9.09. The topological polar surface area (TPSA) is 144 Å². The molecule has 4 heterocycles. The lowest BCUT2D eigenvalue weighted by Gasteiger charge is -2.35. The highest BCUT2D eigenvalue weighted by Gasteiger charge is 2.36. The van der Waals surface area contributed by atoms with Crippen LogP contribution in [0.5, 0.6) is 0 Å². The van der Waals surface area contributed by atoms with Crippen molar-refractivity contribution in [1.29, 1.82) is 0 Å². The number of carbonyl (C=O) groups is 3. The molecular formula is C23H20FN7O5. The predicted molar refractivity (Wildman–Crippen MR) is 124 cm³/mol. The van der Waals surface area contributed by atoms with Crippen LogP contribution in [0.3, 0.4) is 0 Å². The van der Waals surface area contributed by atoms with Crippen LogP contribution in [0.2, 0.25) is 0 Å². The van der Waals surface area contributed by atoms with Crippen LogP contribution in [0.1, 0.15) is 27.9 Å². The number of carbonyl (C=O) groups excluding carboxylic acids is 3. The van der Waals surface area contributed by atoms with Crippen LogP contribution in [0, 0.1) is 12.7 Å². The van der Waals surface area contributed by atoms with Crippen LogP contribution in [0.15, 0.2) is 41.2 Å². The zero-order valence-corrected chi connectivity index (χ0v) is 19.2. The van der Waals surface area contributed by atoms with E-state index in [1.165, 1.54) is 31.2 Å². The zero-order valence-electron chi connectivity index (χ0n) is 19.2. The molecule has 0 bridgehead atoms. The molecule has 0 aliphatic carbocycles. The number of benzene rings is 1. The Kier molecular flexibility index (Phi) is 5.80. The van der Waals surface area contributed by atoms with Gasteiger partial charge in [0.1, 0.15) is 17.2 Å². The van der Waals surface area contributed by atoms with Gasteiger partial charge in [-0.1, -0.05) is 5.16 Å². The van der Waals surface area contributed by atoms with Crippen LogP contribution < -0.4 is 10.6 Å². The number of halogens is 1. The standard InChI is InChI=1S/C23H20FN7O5/c1-12-16(24)5-13(20-28-22(36-29-20)14-9-30(10-14)23(34)35-2)6-17(12)27-21(33)18-8-25-19-7-15(26-11-32)3-4-31(18)19/h3-8,11,14H,9-10H2,1-2H3,(H,26,32)(H,27,33). The second-order valence-corrected chi connectivity index (χ2v) is 8.16. The Labute approximate surface area is 203 Å². The number of amides is 3. The maximum Gasteiger partial charge on any atom is 0.409 e. The summed E-state index contributed by atoms with van der Waals surface area (Å²) < 4.78 is 26.3. The predicted octanol–water partition coefficient (Wildman–Crippen LogP) is 2.82. The lowest BCUT2D eigenvalue weighted by atomic mass is 10.0. The quantitative estimate of drug-likeness (QED) is 0.390. The van der Waals surface area contributed by atoms with Crippen molar-refractivity contribution < 1.29 is 28.0 Å². The first kappa shape index (κ1) is 23.0. The van der Waals surface area contributed by atoms with E-state index in [4.69, 9.17) is 4.52 Å². The van der Waals surface area contributed by atoms with Gasteiger partial charge in [-0.3, -0.25) is 14.0 Å². The van der Waals surface area contributed by atoms with Gasteiger partial charge in [0.25, 0.3) is 5.91 Å². The highest BCUT2D eigenvalue weighted by Crippen LogP contribution is 2.30. The molecule has 1 fully saturated rings. The Morgan fingerprint density at radius 2 is 2.08 bits per heavy atom. The molecule has 2 N–H and O–H groups in total. The minimum absolute atomic E-state index is 0.141. The Morgan fingerprint density at radius 3 is 2.83 bits per heavy atom. The maximum absolute atomic E-state index is 14.8. The summed E-state index contributed by atoms with van der Waals surface area (Å²) in [5.41, 5.74) is 1.97. The van der Waals surface area contributed by atoms with Crippen LogP contribution >= 0.6 is 0 Å². The summed E-state index contributed by atoms with van der Waals surface area (Å²) >= 11 is 0. The molecule has 13 heteroatoms. The van der Waals surface area contributed by atoms with Crippen molar-refractivity contribution >= 4 is 35.4 Å². The number of imidazole rings is 1. The first-order valence-electron chi connectivity index (χ1n) is 10.8. The number of hydrogen-bond donors (Lipinski definition) is 2. The van der Waals surface area contributed by atoms with Crippen molar-refractivity contribution in [1.82, 2.24) is 24.4 Å². The molecule has 1 aromatic carbocycles. The van der Waals surface area contributed by atoms with Gasteiger partial charge in [0.05, 0.1) is 19.2 Å². The Morgan fingerprint density at radius 1 is 1.28 bits per heavy atom. The summed E-state index contributed by atoms with van der Waals surface area (Å²) in [6.45, 7) is 2.30. The monoisotopic (exact) mass is 493 g/mol. The molecule has 0 radical (unpaired) electrons. The third kappa shape index (κ3) is 4.10. The van der Waals surface area contributed by atoms with Crippen molar-refractivity contribution in [2.45, 2.75) is 12.8 Å². The van der Waals surface area contributed by atoms with Crippen LogP contribution in [0.4, 0.5) is 20.6 Å². The number of nitrogens with one attached hydrogen (secondary N) is 2. The smallest absolute Gasteiger partial charge is 0.409 e. The number of anilines is 2. The number of nitrogens with zero attached hydrogens (tertiary/aromatic N) is 5. The molecule has 5 rings (SSSR count). The molecule has 3 amide bonds. The van der Waals surface area contributed by atoms with Gasteiger partial charge in [0.2, 0.25) is 18.1 Å². The molecule has 1 saturated heterocycles. The Bertz CT molecular complexity index is 1490. The van der Waals surface area contributed by atoms with Crippen molar-refractivity contribution in [3.05, 3.63) is 59.6 Å². The van der Waals surface area contributed by atoms with E-state index in [1.807, 2.05) is 0 Å². The van der Waals surface area contributed by atoms with E-state index >= 15 is 0 Å². The lowest BCUT2D eigenvalue weighted by Crippen LogP contribution is -2.48. The summed E-state index contributed by atoms with van der Waals surface area (Å²) in [5, 5.41) is 9.18. The third-order valence-electron chi connectivity index (χ3n) is 5.93. The summed E-state index contributed by atoms with van der Waals surface area (Å²) in [4.78, 5) is 45.2. The SMILES string of the molecule is COC(=O)N1CC(c2nc(-c3cc(F)c(C)c(NC(=O)c4cnc5cc(NC=O)ccn45)c3)no2)C1. The van der Waals surface area contributed by atoms with Gasteiger partial charge >= 0.3 is 6.09 Å². The second-order valence-electron chi connectivity index (χ2n) is 8.16. The Balaban J connectivity index is 1.36. The number of likely N-dealkylation sites (tertiary alicyclic amines) is 1. The molecule has 0 unspecified atom stereocenters. The molecule has 12 nitrogen and oxygen atoms in total. The summed E-state index contributed by atoms with van der Waals surface area (Å²) in [6, 6.07) is 6.04. The molecule has 1 aliphatic heterocycles. The first-order valence-corrected chi connectivity index (χ1v) is 10.8. The minimum Gasteiger partial charge on any atom is -0.453 e. The molecule has 0 spiro atoms. The van der Waals surface area contributed by atoms with Crippen LogP contribution in [0.25, 0.3) is 17.0 Å². The van der Waals surface area contributed by atoms with Gasteiger partial charge in [-0.15, -0.1) is 0 Å². The Hall–Kier alpha value is -4.81. The number of methoxy groups -OCH3 is 1. The maximum atomic E-state index is 14.8. The molecule has 0 atom stereocenters. The van der Waals surface area contributed by atoms with Gasteiger partial charge in [0, 0.05) is 47.9 Å². The van der Waals surface area contributed by atoms with E-state index < -0.39 is 17.8 Å². The summed E-state index contributed by atoms with van der Waals surface area (Å²) in [5.74, 6) is -0.731. The fourth-order valence-electron chi connectivity index (χ4n) is 3.86. The normalized spacial score (nSPS) is 13.4. The number of fused-ring (bicyclic) bond motifs is 1. The van der Waals surface area contributed by atoms with Crippen LogP contribution in [-0.2, 0) is 9.53 Å². The van der Waals surface area contributed by atoms with Gasteiger partial charge in [0.15, 0.2) is 0 Å². The minimum atomic E-state index is -0.558. The van der Waals surface area contributed by atoms with E-state index in [1.54, 1.807) is 28.8 Å². The molecule has 0 saturated carbocycles. The fourth-order valence-corrected chi connectivity index (χ4v) is 3.86. The van der Waals surface area contributed by atoms with Crippen LogP contribution in [-0.4, -0.2) is 63.0 Å². The highest BCUT2D eigenvalue weighted by atomic mass is 19.1. The largest absolute Gasteiger partial charge is 0.453 e. The van der Waals surface area contributed by atoms with E-state index in [9.17, 15) is 18.8 Å². The molecule has 4 aromatic rings. The molecule has 1 aliphatic rings. The molecule has 3 aromatic heterocycles. The number of pyridine rings is 1. The van der Waals surface area contributed by atoms with E-state index in [2.05, 4.69) is 30.5 Å². The molecular weight excluding hydrogens is 473 g/mol. The highest BCUT2D eigenvalue weighted by molar-refractivity contribution is 6.04. The van der Waals surface area contributed by atoms with Gasteiger partial charge in [-0.05, 0) is 25.1 Å². The van der Waals surface area contributed by atoms with E-state index in [-0.39, 0.29) is 28.7 Å². The third-order valence-corrected chi connectivity index (χ3v) is 5.93. The number of rotatable bonds is 6. The van der Waals surface area contributed by atoms with Gasteiger partial charge < -0.3 is 24.8 Å². The molecule has 184 valence electrons. The van der Waals surface area contributed by atoms with Crippen molar-refractivity contribution in [3.8, 4) is 11.4 Å². The average molecular weight is 493 g/mol. The van der Waals surface area contributed by atoms with Crippen molar-refractivity contribution in [3.63, 3.8) is 0 Å². The number of hydrogen-bond acceptors (Lipinski definition) is 8. The number of ether oxygens (including phenoxy) is 1. The van der Waals surface area contributed by atoms with E-state index in [0.29, 0.717) is 42.3 Å². The summed E-state index contributed by atoms with van der Waals surface area (Å²) in [7, 11) is 1.31. The fraction of sp³-hybridized carbons (Fsp3) is 0.217. The van der Waals surface area contributed by atoms with Gasteiger partial charge in [-0.25, -0.2) is 14.2 Å². The van der Waals surface area contributed by atoms with Crippen molar-refractivity contribution in [2.24, 2.45) is 0 Å². The van der Waals surface area contributed by atoms with Gasteiger partial charge in [-0.2, -0.15) is 4.98 Å². The first-order chi connectivity index (χ1) is 17.4. The molecule has 36 heavy (non-hydrogen) atoms.